The van der Waals surface area contributed by atoms with Gasteiger partial charge in [0.2, 0.25) is 11.8 Å². The number of carbonyl (C=O) groups excluding carboxylic acids is 6. The smallest absolute Gasteiger partial charge is 0.344 e. The quantitative estimate of drug-likeness (QED) is 0.505. The van der Waals surface area contributed by atoms with E-state index in [1.807, 2.05) is 0 Å². The molecule has 2 fully saturated rings. The molecule has 176 valence electrons. The van der Waals surface area contributed by atoms with E-state index in [1.165, 1.54) is 11.9 Å². The highest BCUT2D eigenvalue weighted by atomic mass is 16.2. The van der Waals surface area contributed by atoms with Crippen molar-refractivity contribution in [3.05, 3.63) is 30.3 Å². The summed E-state index contributed by atoms with van der Waals surface area (Å²) in [6.45, 7) is 1.46. The summed E-state index contributed by atoms with van der Waals surface area (Å²) in [5.41, 5.74) is 2.94. The number of hydrogen-bond acceptors (Lipinski definition) is 6. The molecule has 3 rings (SSSR count). The molecule has 0 unspecified atom stereocenters. The lowest BCUT2D eigenvalue weighted by Gasteiger charge is -2.42. The molecular weight excluding hydrogens is 432 g/mol. The van der Waals surface area contributed by atoms with Gasteiger partial charge in [-0.3, -0.25) is 14.4 Å². The van der Waals surface area contributed by atoms with Crippen molar-refractivity contribution in [3.8, 4) is 0 Å². The first-order valence-electron chi connectivity index (χ1n) is 10.6. The van der Waals surface area contributed by atoms with E-state index in [4.69, 9.17) is 0 Å². The van der Waals surface area contributed by atoms with E-state index in [9.17, 15) is 28.8 Å². The molecule has 0 aromatic heterocycles. The highest BCUT2D eigenvalue weighted by molar-refractivity contribution is 5.94. The maximum atomic E-state index is 13.3. The number of anilines is 1. The number of aldehydes is 1. The minimum Gasteiger partial charge on any atom is -0.344 e. The zero-order valence-electron chi connectivity index (χ0n) is 18.2. The van der Waals surface area contributed by atoms with Gasteiger partial charge < -0.3 is 15.4 Å². The standard InChI is InChI=1S/C21H26N6O6/c1-14(29)12-16(13-28)22-19(31)17-8-5-10-26-18(30)9-11-25(21(33)27(17)26)24-20(32)23-15-6-3-2-4-7-15/h2-4,6-7,13,16-17H,5,8-12H2,1H3,(H,22,31)(H2,23,24,32)/t16-,17-/m0/s1. The fourth-order valence-corrected chi connectivity index (χ4v) is 3.74. The number of benzene rings is 1. The Kier molecular flexibility index (Phi) is 7.59. The zero-order chi connectivity index (χ0) is 24.0. The molecule has 2 aliphatic rings. The van der Waals surface area contributed by atoms with Gasteiger partial charge in [0.15, 0.2) is 0 Å². The predicted molar refractivity (Wildman–Crippen MR) is 115 cm³/mol. The predicted octanol–water partition coefficient (Wildman–Crippen LogP) is 0.420. The topological polar surface area (TPSA) is 148 Å². The van der Waals surface area contributed by atoms with Crippen LogP contribution in [0.1, 0.15) is 32.6 Å². The van der Waals surface area contributed by atoms with E-state index in [2.05, 4.69) is 16.1 Å². The van der Waals surface area contributed by atoms with Gasteiger partial charge in [-0.25, -0.2) is 30.0 Å². The van der Waals surface area contributed by atoms with Crippen LogP contribution >= 0.6 is 0 Å². The molecule has 2 atom stereocenters. The van der Waals surface area contributed by atoms with E-state index >= 15 is 0 Å². The van der Waals surface area contributed by atoms with Crippen LogP contribution in [0.3, 0.4) is 0 Å². The van der Waals surface area contributed by atoms with E-state index < -0.39 is 30.1 Å². The van der Waals surface area contributed by atoms with Crippen LogP contribution in [0, 0.1) is 0 Å². The summed E-state index contributed by atoms with van der Waals surface area (Å²) >= 11 is 0. The highest BCUT2D eigenvalue weighted by Gasteiger charge is 2.44. The Balaban J connectivity index is 1.76. The average molecular weight is 458 g/mol. The van der Waals surface area contributed by atoms with Crippen molar-refractivity contribution in [3.63, 3.8) is 0 Å². The van der Waals surface area contributed by atoms with Crippen molar-refractivity contribution in [1.82, 2.24) is 25.8 Å². The number of amides is 6. The minimum absolute atomic E-state index is 0.0521. The molecule has 33 heavy (non-hydrogen) atoms. The average Bonchev–Trinajstić information content (AvgIpc) is 2.91. The lowest BCUT2D eigenvalue weighted by molar-refractivity contribution is -0.155. The second-order valence-electron chi connectivity index (χ2n) is 7.79. The highest BCUT2D eigenvalue weighted by Crippen LogP contribution is 2.23. The Morgan fingerprint density at radius 1 is 1.15 bits per heavy atom. The molecule has 12 nitrogen and oxygen atoms in total. The maximum absolute atomic E-state index is 13.3. The maximum Gasteiger partial charge on any atom is 0.358 e. The van der Waals surface area contributed by atoms with Crippen LogP contribution in [-0.4, -0.2) is 76.1 Å². The van der Waals surface area contributed by atoms with E-state index in [0.717, 1.165) is 10.0 Å². The third kappa shape index (κ3) is 5.84. The monoisotopic (exact) mass is 458 g/mol. The summed E-state index contributed by atoms with van der Waals surface area (Å²) in [5, 5.41) is 8.26. The summed E-state index contributed by atoms with van der Waals surface area (Å²) in [4.78, 5) is 73.8. The second kappa shape index (κ2) is 10.6. The number of para-hydroxylation sites is 1. The summed E-state index contributed by atoms with van der Waals surface area (Å²) in [5.74, 6) is -1.31. The van der Waals surface area contributed by atoms with Crippen LogP contribution in [0.15, 0.2) is 30.3 Å². The zero-order valence-corrected chi connectivity index (χ0v) is 18.2. The number of hydrazine groups is 2. The first kappa shape index (κ1) is 23.7. The molecule has 6 amide bonds. The molecule has 0 spiro atoms. The third-order valence-electron chi connectivity index (χ3n) is 5.24. The molecule has 3 N–H and O–H groups in total. The van der Waals surface area contributed by atoms with Crippen LogP contribution in [0.5, 0.6) is 0 Å². The summed E-state index contributed by atoms with van der Waals surface area (Å²) in [6, 6.07) is 5.05. The number of carbonyl (C=O) groups is 6. The molecule has 2 saturated heterocycles. The molecular formula is C21H26N6O6. The van der Waals surface area contributed by atoms with Crippen LogP contribution in [0.25, 0.3) is 0 Å². The first-order valence-corrected chi connectivity index (χ1v) is 10.6. The molecule has 2 aliphatic heterocycles. The Labute approximate surface area is 190 Å². The van der Waals surface area contributed by atoms with Gasteiger partial charge in [0.05, 0.1) is 12.6 Å². The lowest BCUT2D eigenvalue weighted by atomic mass is 10.1. The molecule has 2 heterocycles. The molecule has 0 saturated carbocycles. The molecule has 12 heteroatoms. The fraction of sp³-hybridized carbons (Fsp3) is 0.429. The van der Waals surface area contributed by atoms with Crippen LogP contribution in [0.2, 0.25) is 0 Å². The van der Waals surface area contributed by atoms with Crippen molar-refractivity contribution >= 4 is 41.6 Å². The largest absolute Gasteiger partial charge is 0.358 e. The molecule has 0 radical (unpaired) electrons. The van der Waals surface area contributed by atoms with E-state index in [1.54, 1.807) is 30.3 Å². The van der Waals surface area contributed by atoms with Crippen LogP contribution < -0.4 is 16.1 Å². The van der Waals surface area contributed by atoms with Gasteiger partial charge in [0.1, 0.15) is 18.1 Å². The van der Waals surface area contributed by atoms with Crippen molar-refractivity contribution < 1.29 is 28.8 Å². The van der Waals surface area contributed by atoms with E-state index in [0.29, 0.717) is 18.4 Å². The van der Waals surface area contributed by atoms with Gasteiger partial charge in [0, 0.05) is 25.1 Å². The van der Waals surface area contributed by atoms with Gasteiger partial charge in [0.25, 0.3) is 0 Å². The number of Topliss-reactive ketones (excluding diaryl/α,β-unsaturated/α-hetero) is 1. The molecule has 1 aromatic carbocycles. The minimum atomic E-state index is -1.08. The van der Waals surface area contributed by atoms with Gasteiger partial charge in [-0.15, -0.1) is 0 Å². The number of rotatable bonds is 7. The van der Waals surface area contributed by atoms with Gasteiger partial charge in [-0.2, -0.15) is 0 Å². The Hall–Kier alpha value is -3.96. The first-order chi connectivity index (χ1) is 15.8. The number of hydrogen-bond donors (Lipinski definition) is 3. The normalized spacial score (nSPS) is 19.2. The number of urea groups is 2. The van der Waals surface area contributed by atoms with Crippen molar-refractivity contribution in [1.29, 1.82) is 0 Å². The van der Waals surface area contributed by atoms with Gasteiger partial charge >= 0.3 is 12.1 Å². The summed E-state index contributed by atoms with van der Waals surface area (Å²) in [6.07, 6.45) is 0.942. The van der Waals surface area contributed by atoms with Gasteiger partial charge in [-0.05, 0) is 31.9 Å². The second-order valence-corrected chi connectivity index (χ2v) is 7.79. The third-order valence-corrected chi connectivity index (χ3v) is 5.24. The number of nitrogens with zero attached hydrogens (tertiary/aromatic N) is 3. The summed E-state index contributed by atoms with van der Waals surface area (Å²) < 4.78 is 0. The van der Waals surface area contributed by atoms with Crippen molar-refractivity contribution in [2.45, 2.75) is 44.7 Å². The van der Waals surface area contributed by atoms with Crippen LogP contribution in [-0.2, 0) is 19.2 Å². The Bertz CT molecular complexity index is 938. The van der Waals surface area contributed by atoms with Crippen molar-refractivity contribution in [2.24, 2.45) is 0 Å². The Morgan fingerprint density at radius 3 is 2.55 bits per heavy atom. The number of ketones is 1. The number of fused-ring (bicyclic) bond motifs is 1. The molecule has 0 aliphatic carbocycles. The van der Waals surface area contributed by atoms with Gasteiger partial charge in [-0.1, -0.05) is 18.2 Å². The molecule has 0 bridgehead atoms. The van der Waals surface area contributed by atoms with Crippen LogP contribution in [0.4, 0.5) is 15.3 Å². The Morgan fingerprint density at radius 2 is 1.88 bits per heavy atom. The SMILES string of the molecule is CC(=O)C[C@@H](C=O)NC(=O)[C@@H]1CCCN2C(=O)CCN(NC(=O)Nc3ccccc3)C(=O)N12. The lowest BCUT2D eigenvalue weighted by Crippen LogP contribution is -2.65. The summed E-state index contributed by atoms with van der Waals surface area (Å²) in [7, 11) is 0. The van der Waals surface area contributed by atoms with E-state index in [-0.39, 0.29) is 44.0 Å². The fourth-order valence-electron chi connectivity index (χ4n) is 3.74. The molecule has 1 aromatic rings. The number of nitrogens with one attached hydrogen (secondary N) is 3. The van der Waals surface area contributed by atoms with Crippen molar-refractivity contribution in [2.75, 3.05) is 18.4 Å².